The fourth-order valence-corrected chi connectivity index (χ4v) is 2.51. The predicted octanol–water partition coefficient (Wildman–Crippen LogP) is 5.05. The predicted molar refractivity (Wildman–Crippen MR) is 77.7 cm³/mol. The van der Waals surface area contributed by atoms with Gasteiger partial charge in [0.15, 0.2) is 5.78 Å². The highest BCUT2D eigenvalue weighted by Gasteiger charge is 2.30. The first-order valence-electron chi connectivity index (χ1n) is 6.36. The van der Waals surface area contributed by atoms with Crippen LogP contribution in [0.25, 0.3) is 0 Å². The second kappa shape index (κ2) is 6.35. The molecule has 1 nitrogen and oxygen atoms in total. The van der Waals surface area contributed by atoms with Gasteiger partial charge in [0.1, 0.15) is 0 Å². The van der Waals surface area contributed by atoms with Crippen molar-refractivity contribution < 1.29 is 18.0 Å². The molecule has 0 aliphatic rings. The molecule has 5 heteroatoms. The molecule has 0 fully saturated rings. The van der Waals surface area contributed by atoms with E-state index >= 15 is 0 Å². The van der Waals surface area contributed by atoms with Gasteiger partial charge in [-0.05, 0) is 42.2 Å². The van der Waals surface area contributed by atoms with E-state index in [4.69, 9.17) is 0 Å². The summed E-state index contributed by atoms with van der Waals surface area (Å²) in [4.78, 5) is 13.2. The summed E-state index contributed by atoms with van der Waals surface area (Å²) in [6, 6.07) is 11.3. The van der Waals surface area contributed by atoms with E-state index in [1.807, 2.05) is 19.1 Å². The first kappa shape index (κ1) is 15.6. The van der Waals surface area contributed by atoms with Crippen LogP contribution in [0.3, 0.4) is 0 Å². The smallest absolute Gasteiger partial charge is 0.289 e. The third kappa shape index (κ3) is 3.88. The summed E-state index contributed by atoms with van der Waals surface area (Å²) in [6.45, 7) is 2.03. The largest absolute Gasteiger partial charge is 0.416 e. The lowest BCUT2D eigenvalue weighted by atomic mass is 10.0. The Morgan fingerprint density at radius 2 is 1.43 bits per heavy atom. The van der Waals surface area contributed by atoms with Crippen LogP contribution in [0.1, 0.15) is 28.4 Å². The Balaban J connectivity index is 2.19. The topological polar surface area (TPSA) is 17.1 Å². The Morgan fingerprint density at radius 1 is 0.952 bits per heavy atom. The van der Waals surface area contributed by atoms with Gasteiger partial charge in [-0.1, -0.05) is 19.1 Å². The van der Waals surface area contributed by atoms with Crippen LogP contribution in [0, 0.1) is 0 Å². The van der Waals surface area contributed by atoms with Crippen LogP contribution in [0.15, 0.2) is 53.4 Å². The number of carbonyl (C=O) groups is 1. The molecule has 0 atom stereocenters. The van der Waals surface area contributed by atoms with Crippen LogP contribution in [0.4, 0.5) is 13.2 Å². The van der Waals surface area contributed by atoms with Gasteiger partial charge >= 0.3 is 6.18 Å². The van der Waals surface area contributed by atoms with Gasteiger partial charge in [0.2, 0.25) is 0 Å². The summed E-state index contributed by atoms with van der Waals surface area (Å²) in [7, 11) is 0. The Kier molecular flexibility index (Phi) is 4.73. The molecule has 0 unspecified atom stereocenters. The van der Waals surface area contributed by atoms with E-state index in [-0.39, 0.29) is 11.3 Å². The van der Waals surface area contributed by atoms with E-state index in [1.54, 1.807) is 23.9 Å². The number of thioether (sulfide) groups is 1. The van der Waals surface area contributed by atoms with Crippen LogP contribution in [-0.4, -0.2) is 11.5 Å². The van der Waals surface area contributed by atoms with Gasteiger partial charge in [0.25, 0.3) is 0 Å². The fraction of sp³-hybridized carbons (Fsp3) is 0.188. The molecule has 0 heterocycles. The zero-order valence-electron chi connectivity index (χ0n) is 11.3. The van der Waals surface area contributed by atoms with Crippen molar-refractivity contribution in [3.63, 3.8) is 0 Å². The minimum atomic E-state index is -4.39. The lowest BCUT2D eigenvalue weighted by Crippen LogP contribution is -2.06. The molecule has 0 aliphatic heterocycles. The standard InChI is InChI=1S/C16H13F3OS/c1-2-21-14-9-5-12(6-10-14)15(20)11-3-7-13(8-4-11)16(17,18)19/h3-10H,2H2,1H3. The highest BCUT2D eigenvalue weighted by molar-refractivity contribution is 7.99. The lowest BCUT2D eigenvalue weighted by molar-refractivity contribution is -0.137. The molecule has 0 saturated heterocycles. The highest BCUT2D eigenvalue weighted by atomic mass is 32.2. The molecule has 0 spiro atoms. The van der Waals surface area contributed by atoms with Crippen molar-refractivity contribution in [2.24, 2.45) is 0 Å². The van der Waals surface area contributed by atoms with Crippen molar-refractivity contribution in [1.82, 2.24) is 0 Å². The molecule has 0 amide bonds. The Bertz CT molecular complexity index is 615. The fourth-order valence-electron chi connectivity index (χ4n) is 1.85. The van der Waals surface area contributed by atoms with E-state index in [9.17, 15) is 18.0 Å². The minimum Gasteiger partial charge on any atom is -0.289 e. The zero-order chi connectivity index (χ0) is 15.5. The molecular formula is C16H13F3OS. The van der Waals surface area contributed by atoms with Crippen molar-refractivity contribution in [3.05, 3.63) is 65.2 Å². The average Bonchev–Trinajstić information content (AvgIpc) is 2.47. The number of hydrogen-bond acceptors (Lipinski definition) is 2. The number of rotatable bonds is 4. The van der Waals surface area contributed by atoms with Crippen molar-refractivity contribution in [3.8, 4) is 0 Å². The molecule has 110 valence electrons. The molecule has 0 N–H and O–H groups in total. The number of ketones is 1. The van der Waals surface area contributed by atoms with E-state index in [0.29, 0.717) is 5.56 Å². The van der Waals surface area contributed by atoms with Gasteiger partial charge in [-0.25, -0.2) is 0 Å². The maximum absolute atomic E-state index is 12.5. The first-order chi connectivity index (χ1) is 9.91. The number of carbonyl (C=O) groups excluding carboxylic acids is 1. The normalized spacial score (nSPS) is 11.4. The molecular weight excluding hydrogens is 297 g/mol. The molecule has 0 aliphatic carbocycles. The van der Waals surface area contributed by atoms with E-state index in [2.05, 4.69) is 0 Å². The summed E-state index contributed by atoms with van der Waals surface area (Å²) in [6.07, 6.45) is -4.39. The average molecular weight is 310 g/mol. The molecule has 2 aromatic carbocycles. The second-order valence-corrected chi connectivity index (χ2v) is 5.70. The van der Waals surface area contributed by atoms with Crippen LogP contribution in [-0.2, 0) is 6.18 Å². The molecule has 2 rings (SSSR count). The third-order valence-electron chi connectivity index (χ3n) is 2.90. The summed E-state index contributed by atoms with van der Waals surface area (Å²) >= 11 is 1.66. The summed E-state index contributed by atoms with van der Waals surface area (Å²) < 4.78 is 37.4. The molecule has 0 aromatic heterocycles. The maximum Gasteiger partial charge on any atom is 0.416 e. The van der Waals surface area contributed by atoms with Crippen molar-refractivity contribution >= 4 is 17.5 Å². The number of benzene rings is 2. The zero-order valence-corrected chi connectivity index (χ0v) is 12.1. The quantitative estimate of drug-likeness (QED) is 0.581. The van der Waals surface area contributed by atoms with E-state index < -0.39 is 11.7 Å². The number of hydrogen-bond donors (Lipinski definition) is 0. The van der Waals surface area contributed by atoms with Gasteiger partial charge in [0.05, 0.1) is 5.56 Å². The molecule has 0 bridgehead atoms. The Hall–Kier alpha value is -1.75. The van der Waals surface area contributed by atoms with Crippen LogP contribution < -0.4 is 0 Å². The Morgan fingerprint density at radius 3 is 1.86 bits per heavy atom. The monoisotopic (exact) mass is 310 g/mol. The molecule has 21 heavy (non-hydrogen) atoms. The van der Waals surface area contributed by atoms with Gasteiger partial charge in [-0.2, -0.15) is 13.2 Å². The SMILES string of the molecule is CCSc1ccc(C(=O)c2ccc(C(F)(F)F)cc2)cc1. The molecule has 0 radical (unpaired) electrons. The second-order valence-electron chi connectivity index (χ2n) is 4.36. The van der Waals surface area contributed by atoms with E-state index in [0.717, 1.165) is 22.8 Å². The van der Waals surface area contributed by atoms with E-state index in [1.165, 1.54) is 12.1 Å². The summed E-state index contributed by atoms with van der Waals surface area (Å²) in [5.41, 5.74) is -0.0390. The van der Waals surface area contributed by atoms with Crippen molar-refractivity contribution in [2.45, 2.75) is 18.0 Å². The molecule has 2 aromatic rings. The van der Waals surface area contributed by atoms with Gasteiger partial charge in [0, 0.05) is 16.0 Å². The van der Waals surface area contributed by atoms with Crippen LogP contribution >= 0.6 is 11.8 Å². The van der Waals surface area contributed by atoms with Gasteiger partial charge in [-0.3, -0.25) is 4.79 Å². The Labute approximate surface area is 125 Å². The number of alkyl halides is 3. The lowest BCUT2D eigenvalue weighted by Gasteiger charge is -2.07. The summed E-state index contributed by atoms with van der Waals surface area (Å²) in [5, 5.41) is 0. The maximum atomic E-state index is 12.5. The molecule has 0 saturated carbocycles. The first-order valence-corrected chi connectivity index (χ1v) is 7.35. The summed E-state index contributed by atoms with van der Waals surface area (Å²) in [5.74, 6) is 0.656. The van der Waals surface area contributed by atoms with Gasteiger partial charge < -0.3 is 0 Å². The third-order valence-corrected chi connectivity index (χ3v) is 3.80. The van der Waals surface area contributed by atoms with Crippen molar-refractivity contribution in [1.29, 1.82) is 0 Å². The van der Waals surface area contributed by atoms with Crippen LogP contribution in [0.5, 0.6) is 0 Å². The number of halogens is 3. The minimum absolute atomic E-state index is 0.249. The van der Waals surface area contributed by atoms with Crippen LogP contribution in [0.2, 0.25) is 0 Å². The highest BCUT2D eigenvalue weighted by Crippen LogP contribution is 2.29. The van der Waals surface area contributed by atoms with Gasteiger partial charge in [-0.15, -0.1) is 11.8 Å². The van der Waals surface area contributed by atoms with Crippen molar-refractivity contribution in [2.75, 3.05) is 5.75 Å².